The number of hydrogen-bond acceptors (Lipinski definition) is 2. The van der Waals surface area contributed by atoms with Crippen LogP contribution in [0.5, 0.6) is 0 Å². The Hall–Kier alpha value is -2.58. The summed E-state index contributed by atoms with van der Waals surface area (Å²) in [6.07, 6.45) is 3.33. The Morgan fingerprint density at radius 2 is 1.81 bits per heavy atom. The van der Waals surface area contributed by atoms with Crippen LogP contribution in [0, 0.1) is 6.92 Å². The number of rotatable bonds is 5. The van der Waals surface area contributed by atoms with Crippen molar-refractivity contribution in [1.82, 2.24) is 4.98 Å². The lowest BCUT2D eigenvalue weighted by Gasteiger charge is -2.11. The molecule has 0 radical (unpaired) electrons. The summed E-state index contributed by atoms with van der Waals surface area (Å²) in [5, 5.41) is 0.738. The Morgan fingerprint density at radius 3 is 2.56 bits per heavy atom. The SMILES string of the molecule is CCCCc1cc(-c2c(C)cccc2Cl)c2oc(-c3ccccc3)nc2c1. The van der Waals surface area contributed by atoms with Crippen molar-refractivity contribution in [2.24, 2.45) is 0 Å². The number of halogens is 1. The third-order valence-electron chi connectivity index (χ3n) is 4.88. The zero-order valence-electron chi connectivity index (χ0n) is 15.6. The van der Waals surface area contributed by atoms with Gasteiger partial charge >= 0.3 is 0 Å². The first-order valence-corrected chi connectivity index (χ1v) is 9.79. The number of aromatic nitrogens is 1. The van der Waals surface area contributed by atoms with Crippen LogP contribution in [0.2, 0.25) is 5.02 Å². The molecule has 0 bridgehead atoms. The van der Waals surface area contributed by atoms with Crippen molar-refractivity contribution in [3.8, 4) is 22.6 Å². The van der Waals surface area contributed by atoms with E-state index < -0.39 is 0 Å². The van der Waals surface area contributed by atoms with E-state index in [2.05, 4.69) is 32.0 Å². The molecule has 0 N–H and O–H groups in total. The standard InChI is InChI=1S/C24H22ClNO/c1-3-4-10-17-14-19(22-16(2)9-8-13-20(22)25)23-21(15-17)26-24(27-23)18-11-6-5-7-12-18/h5-9,11-15H,3-4,10H2,1-2H3. The van der Waals surface area contributed by atoms with E-state index in [0.717, 1.165) is 57.6 Å². The van der Waals surface area contributed by atoms with Crippen LogP contribution in [-0.4, -0.2) is 4.98 Å². The molecule has 0 atom stereocenters. The van der Waals surface area contributed by atoms with Gasteiger partial charge in [-0.3, -0.25) is 0 Å². The molecule has 3 aromatic carbocycles. The summed E-state index contributed by atoms with van der Waals surface area (Å²) in [6, 6.07) is 20.4. The van der Waals surface area contributed by atoms with E-state index in [4.69, 9.17) is 21.0 Å². The Kier molecular flexibility index (Phi) is 5.00. The molecule has 0 saturated carbocycles. The second-order valence-corrected chi connectivity index (χ2v) is 7.32. The molecular formula is C24H22ClNO. The summed E-state index contributed by atoms with van der Waals surface area (Å²) in [4.78, 5) is 4.79. The molecule has 2 nitrogen and oxygen atoms in total. The summed E-state index contributed by atoms with van der Waals surface area (Å²) < 4.78 is 6.24. The zero-order valence-corrected chi connectivity index (χ0v) is 16.4. The molecule has 0 amide bonds. The quantitative estimate of drug-likeness (QED) is 0.361. The number of fused-ring (bicyclic) bond motifs is 1. The minimum absolute atomic E-state index is 0.643. The van der Waals surface area contributed by atoms with Crippen LogP contribution in [0.1, 0.15) is 30.9 Å². The lowest BCUT2D eigenvalue weighted by molar-refractivity contribution is 0.620. The predicted molar refractivity (Wildman–Crippen MR) is 113 cm³/mol. The number of unbranched alkanes of at least 4 members (excludes halogenated alkanes) is 1. The fourth-order valence-corrected chi connectivity index (χ4v) is 3.80. The molecular weight excluding hydrogens is 354 g/mol. The van der Waals surface area contributed by atoms with Crippen LogP contribution in [0.3, 0.4) is 0 Å². The number of nitrogens with zero attached hydrogens (tertiary/aromatic N) is 1. The first-order chi connectivity index (χ1) is 13.2. The van der Waals surface area contributed by atoms with E-state index >= 15 is 0 Å². The maximum absolute atomic E-state index is 6.58. The molecule has 0 unspecified atom stereocenters. The average Bonchev–Trinajstić information content (AvgIpc) is 3.11. The molecule has 136 valence electrons. The van der Waals surface area contributed by atoms with E-state index in [-0.39, 0.29) is 0 Å². The van der Waals surface area contributed by atoms with Crippen molar-refractivity contribution in [2.75, 3.05) is 0 Å². The van der Waals surface area contributed by atoms with Gasteiger partial charge < -0.3 is 4.42 Å². The summed E-state index contributed by atoms with van der Waals surface area (Å²) >= 11 is 6.58. The highest BCUT2D eigenvalue weighted by molar-refractivity contribution is 6.33. The maximum Gasteiger partial charge on any atom is 0.227 e. The molecule has 0 aliphatic heterocycles. The highest BCUT2D eigenvalue weighted by atomic mass is 35.5. The highest BCUT2D eigenvalue weighted by Crippen LogP contribution is 2.38. The zero-order chi connectivity index (χ0) is 18.8. The second kappa shape index (κ2) is 7.58. The first kappa shape index (κ1) is 17.8. The van der Waals surface area contributed by atoms with E-state index in [1.54, 1.807) is 0 Å². The van der Waals surface area contributed by atoms with Gasteiger partial charge in [-0.25, -0.2) is 4.98 Å². The third kappa shape index (κ3) is 3.50. The van der Waals surface area contributed by atoms with E-state index in [1.165, 1.54) is 5.56 Å². The monoisotopic (exact) mass is 375 g/mol. The van der Waals surface area contributed by atoms with Crippen LogP contribution in [0.15, 0.2) is 65.1 Å². The summed E-state index contributed by atoms with van der Waals surface area (Å²) in [6.45, 7) is 4.29. The van der Waals surface area contributed by atoms with Gasteiger partial charge in [0.1, 0.15) is 5.52 Å². The molecule has 0 aliphatic rings. The van der Waals surface area contributed by atoms with Gasteiger partial charge in [0.25, 0.3) is 0 Å². The van der Waals surface area contributed by atoms with E-state index in [0.29, 0.717) is 5.89 Å². The van der Waals surface area contributed by atoms with Crippen LogP contribution in [0.25, 0.3) is 33.7 Å². The molecule has 0 spiro atoms. The van der Waals surface area contributed by atoms with Crippen LogP contribution in [-0.2, 0) is 6.42 Å². The van der Waals surface area contributed by atoms with E-state index in [1.807, 2.05) is 42.5 Å². The lowest BCUT2D eigenvalue weighted by atomic mass is 9.96. The van der Waals surface area contributed by atoms with Crippen LogP contribution >= 0.6 is 11.6 Å². The fraction of sp³-hybridized carbons (Fsp3) is 0.208. The van der Waals surface area contributed by atoms with Crippen molar-refractivity contribution in [3.63, 3.8) is 0 Å². The molecule has 1 aromatic heterocycles. The largest absolute Gasteiger partial charge is 0.435 e. The number of oxazole rings is 1. The van der Waals surface area contributed by atoms with Crippen molar-refractivity contribution < 1.29 is 4.42 Å². The average molecular weight is 376 g/mol. The first-order valence-electron chi connectivity index (χ1n) is 9.41. The minimum Gasteiger partial charge on any atom is -0.435 e. The topological polar surface area (TPSA) is 26.0 Å². The van der Waals surface area contributed by atoms with Crippen molar-refractivity contribution in [2.45, 2.75) is 33.1 Å². The smallest absolute Gasteiger partial charge is 0.227 e. The highest BCUT2D eigenvalue weighted by Gasteiger charge is 2.17. The van der Waals surface area contributed by atoms with Gasteiger partial charge in [-0.05, 0) is 61.2 Å². The van der Waals surface area contributed by atoms with Gasteiger partial charge in [0.05, 0.1) is 0 Å². The second-order valence-electron chi connectivity index (χ2n) is 6.91. The molecule has 3 heteroatoms. The van der Waals surface area contributed by atoms with Crippen molar-refractivity contribution >= 4 is 22.7 Å². The van der Waals surface area contributed by atoms with Gasteiger partial charge in [-0.15, -0.1) is 0 Å². The number of benzene rings is 3. The normalized spacial score (nSPS) is 11.2. The molecule has 4 rings (SSSR count). The lowest BCUT2D eigenvalue weighted by Crippen LogP contribution is -1.91. The molecule has 0 fully saturated rings. The Bertz CT molecular complexity index is 1060. The van der Waals surface area contributed by atoms with Gasteiger partial charge in [-0.1, -0.05) is 55.3 Å². The van der Waals surface area contributed by atoms with Crippen molar-refractivity contribution in [1.29, 1.82) is 0 Å². The molecule has 0 saturated heterocycles. The minimum atomic E-state index is 0.643. The molecule has 0 aliphatic carbocycles. The Morgan fingerprint density at radius 1 is 1.00 bits per heavy atom. The molecule has 4 aromatic rings. The number of aryl methyl sites for hydroxylation is 2. The molecule has 27 heavy (non-hydrogen) atoms. The predicted octanol–water partition coefficient (Wildman–Crippen LogP) is 7.47. The molecule has 1 heterocycles. The third-order valence-corrected chi connectivity index (χ3v) is 5.20. The van der Waals surface area contributed by atoms with Crippen LogP contribution < -0.4 is 0 Å². The summed E-state index contributed by atoms with van der Waals surface area (Å²) in [7, 11) is 0. The van der Waals surface area contributed by atoms with E-state index in [9.17, 15) is 0 Å². The van der Waals surface area contributed by atoms with Crippen molar-refractivity contribution in [3.05, 3.63) is 76.8 Å². The van der Waals surface area contributed by atoms with Gasteiger partial charge in [0.15, 0.2) is 5.58 Å². The summed E-state index contributed by atoms with van der Waals surface area (Å²) in [5.74, 6) is 0.643. The van der Waals surface area contributed by atoms with Crippen LogP contribution in [0.4, 0.5) is 0 Å². The Balaban J connectivity index is 1.96. The van der Waals surface area contributed by atoms with Gasteiger partial charge in [0, 0.05) is 21.7 Å². The Labute approximate surface area is 164 Å². The number of hydrogen-bond donors (Lipinski definition) is 0. The summed E-state index contributed by atoms with van der Waals surface area (Å²) in [5.41, 5.74) is 7.11. The van der Waals surface area contributed by atoms with Gasteiger partial charge in [0.2, 0.25) is 5.89 Å². The fourth-order valence-electron chi connectivity index (χ4n) is 3.48. The maximum atomic E-state index is 6.58. The van der Waals surface area contributed by atoms with Gasteiger partial charge in [-0.2, -0.15) is 0 Å².